The van der Waals surface area contributed by atoms with Gasteiger partial charge >= 0.3 is 0 Å². The van der Waals surface area contributed by atoms with Crippen molar-refractivity contribution in [2.75, 3.05) is 20.2 Å². The molecule has 1 aromatic heterocycles. The lowest BCUT2D eigenvalue weighted by Crippen LogP contribution is -2.63. The second-order valence-corrected chi connectivity index (χ2v) is 7.31. The number of aromatic nitrogens is 1. The van der Waals surface area contributed by atoms with Gasteiger partial charge < -0.3 is 9.84 Å². The summed E-state index contributed by atoms with van der Waals surface area (Å²) in [5.74, 6) is 1.32. The summed E-state index contributed by atoms with van der Waals surface area (Å²) in [5, 5.41) is 11.9. The number of benzene rings is 1. The average molecular weight is 343 g/mol. The Labute approximate surface area is 147 Å². The first-order valence-electron chi connectivity index (χ1n) is 8.85. The number of aliphatic hydroxyl groups excluding tert-OH is 1. The number of fused-ring (bicyclic) bond motifs is 4. The number of nitrogens with zero attached hydrogens (tertiary/aromatic N) is 2. The summed E-state index contributed by atoms with van der Waals surface area (Å²) >= 11 is 0. The number of aliphatic hydroxyl groups is 1. The first-order valence-corrected chi connectivity index (χ1v) is 8.85. The van der Waals surface area contributed by atoms with Crippen LogP contribution in [0.5, 0.6) is 5.75 Å². The van der Waals surface area contributed by atoms with Crippen LogP contribution in [0, 0.1) is 11.8 Å². The third kappa shape index (κ3) is 2.62. The maximum atomic E-state index is 15.6. The van der Waals surface area contributed by atoms with Gasteiger partial charge in [0.05, 0.1) is 12.6 Å². The van der Waals surface area contributed by atoms with Gasteiger partial charge in [0.15, 0.2) is 6.04 Å². The highest BCUT2D eigenvalue weighted by Gasteiger charge is 2.56. The molecule has 3 aliphatic rings. The van der Waals surface area contributed by atoms with Gasteiger partial charge in [-0.3, -0.25) is 4.98 Å². The molecule has 0 radical (unpaired) electrons. The molecule has 1 N–H and O–H groups in total. The highest BCUT2D eigenvalue weighted by Crippen LogP contribution is 2.47. The van der Waals surface area contributed by atoms with Crippen LogP contribution in [0.25, 0.3) is 10.9 Å². The number of piperidine rings is 3. The molecular weight excluding hydrogens is 319 g/mol. The quantitative estimate of drug-likeness (QED) is 0.682. The standard InChI is InChI=1S/C20H24FN2O2/c1-3-13-12-23(21)9-7-14(13)10-19(23)20(24)16-6-8-22-18-5-4-15(25-2)11-17(16)18/h3-6,8,11,13-14,19-20,24H,1,7,9-10,12H2,2H3/q+1/t13-,14-,19-,20+,23?/m0/s1. The van der Waals surface area contributed by atoms with Crippen LogP contribution >= 0.6 is 0 Å². The molecule has 5 heteroatoms. The van der Waals surface area contributed by atoms with Crippen LogP contribution in [0.15, 0.2) is 43.1 Å². The van der Waals surface area contributed by atoms with Gasteiger partial charge in [-0.2, -0.15) is 0 Å². The van der Waals surface area contributed by atoms with E-state index in [-0.39, 0.29) is 5.92 Å². The van der Waals surface area contributed by atoms with Crippen molar-refractivity contribution in [1.29, 1.82) is 0 Å². The summed E-state index contributed by atoms with van der Waals surface area (Å²) in [7, 11) is 1.61. The van der Waals surface area contributed by atoms with Crippen molar-refractivity contribution in [3.63, 3.8) is 0 Å². The Morgan fingerprint density at radius 3 is 3.00 bits per heavy atom. The molecule has 5 atom stereocenters. The molecule has 2 aromatic rings. The Bertz CT molecular complexity index is 811. The van der Waals surface area contributed by atoms with Crippen LogP contribution in [-0.4, -0.2) is 41.0 Å². The highest BCUT2D eigenvalue weighted by molar-refractivity contribution is 5.83. The zero-order valence-corrected chi connectivity index (χ0v) is 14.4. The van der Waals surface area contributed by atoms with Gasteiger partial charge in [0.1, 0.15) is 24.9 Å². The van der Waals surface area contributed by atoms with Gasteiger partial charge in [0.2, 0.25) is 0 Å². The SMILES string of the molecule is C=C[C@H]1C[N+]2(F)CC[C@H]1C[C@H]2[C@H](O)c1ccnc2ccc(OC)cc12. The maximum Gasteiger partial charge on any atom is 0.155 e. The van der Waals surface area contributed by atoms with E-state index in [1.54, 1.807) is 19.4 Å². The number of pyridine rings is 1. The summed E-state index contributed by atoms with van der Waals surface area (Å²) < 4.78 is 20.3. The Morgan fingerprint density at radius 2 is 2.28 bits per heavy atom. The van der Waals surface area contributed by atoms with Crippen molar-refractivity contribution in [3.05, 3.63) is 48.7 Å². The second kappa shape index (κ2) is 6.07. The minimum atomic E-state index is -0.865. The molecule has 5 rings (SSSR count). The second-order valence-electron chi connectivity index (χ2n) is 7.31. The highest BCUT2D eigenvalue weighted by atomic mass is 19.2. The molecule has 25 heavy (non-hydrogen) atoms. The molecule has 1 aromatic carbocycles. The summed E-state index contributed by atoms with van der Waals surface area (Å²) in [5.41, 5.74) is 1.51. The normalized spacial score (nSPS) is 32.5. The van der Waals surface area contributed by atoms with Crippen molar-refractivity contribution in [1.82, 2.24) is 4.98 Å². The van der Waals surface area contributed by atoms with Gasteiger partial charge in [-0.05, 0) is 40.2 Å². The van der Waals surface area contributed by atoms with Gasteiger partial charge in [-0.25, -0.2) is 0 Å². The monoisotopic (exact) mass is 343 g/mol. The Hall–Kier alpha value is -1.98. The number of hydrogen-bond acceptors (Lipinski definition) is 3. The number of halogens is 1. The van der Waals surface area contributed by atoms with E-state index in [4.69, 9.17) is 4.74 Å². The van der Waals surface area contributed by atoms with Crippen LogP contribution in [0.3, 0.4) is 0 Å². The van der Waals surface area contributed by atoms with Gasteiger partial charge in [-0.15, -0.1) is 11.3 Å². The average Bonchev–Trinajstić information content (AvgIpc) is 2.66. The molecule has 3 saturated heterocycles. The molecular formula is C20H24FN2O2+. The van der Waals surface area contributed by atoms with Gasteiger partial charge in [0, 0.05) is 30.3 Å². The molecule has 2 bridgehead atoms. The third-order valence-corrected chi connectivity index (χ3v) is 6.10. The minimum absolute atomic E-state index is 0.205. The third-order valence-electron chi connectivity index (χ3n) is 6.10. The minimum Gasteiger partial charge on any atom is -0.497 e. The van der Waals surface area contributed by atoms with Gasteiger partial charge in [-0.1, -0.05) is 6.08 Å². The molecule has 0 aliphatic carbocycles. The topological polar surface area (TPSA) is 42.4 Å². The first kappa shape index (κ1) is 16.5. The van der Waals surface area contributed by atoms with Crippen molar-refractivity contribution >= 4 is 10.9 Å². The van der Waals surface area contributed by atoms with Crippen LogP contribution in [-0.2, 0) is 0 Å². The van der Waals surface area contributed by atoms with E-state index in [2.05, 4.69) is 11.6 Å². The molecule has 3 fully saturated rings. The molecule has 0 spiro atoms. The molecule has 3 aliphatic heterocycles. The van der Waals surface area contributed by atoms with Gasteiger partial charge in [0.25, 0.3) is 0 Å². The zero-order chi connectivity index (χ0) is 17.6. The first-order chi connectivity index (χ1) is 12.1. The largest absolute Gasteiger partial charge is 0.497 e. The van der Waals surface area contributed by atoms with E-state index in [9.17, 15) is 5.11 Å². The molecule has 4 nitrogen and oxygen atoms in total. The fourth-order valence-corrected chi connectivity index (χ4v) is 4.67. The Balaban J connectivity index is 1.73. The van der Waals surface area contributed by atoms with Crippen LogP contribution < -0.4 is 4.74 Å². The summed E-state index contributed by atoms with van der Waals surface area (Å²) in [4.78, 5) is 4.36. The van der Waals surface area contributed by atoms with Crippen molar-refractivity contribution in [3.8, 4) is 5.75 Å². The van der Waals surface area contributed by atoms with E-state index in [1.165, 1.54) is 0 Å². The molecule has 1 unspecified atom stereocenters. The smallest absolute Gasteiger partial charge is 0.155 e. The predicted octanol–water partition coefficient (Wildman–Crippen LogP) is 3.57. The fraction of sp³-hybridized carbons (Fsp3) is 0.450. The lowest BCUT2D eigenvalue weighted by atomic mass is 9.73. The predicted molar refractivity (Wildman–Crippen MR) is 94.6 cm³/mol. The molecule has 0 saturated carbocycles. The molecule has 4 heterocycles. The summed E-state index contributed by atoms with van der Waals surface area (Å²) in [6.45, 7) is 4.76. The Kier molecular flexibility index (Phi) is 4.01. The lowest BCUT2D eigenvalue weighted by molar-refractivity contribution is -1.09. The maximum absolute atomic E-state index is 15.6. The van der Waals surface area contributed by atoms with E-state index in [0.29, 0.717) is 31.2 Å². The summed E-state index contributed by atoms with van der Waals surface area (Å²) in [6.07, 6.45) is 4.24. The summed E-state index contributed by atoms with van der Waals surface area (Å²) in [6, 6.07) is 6.94. The zero-order valence-electron chi connectivity index (χ0n) is 14.4. The Morgan fingerprint density at radius 1 is 1.44 bits per heavy atom. The number of rotatable bonds is 4. The number of methoxy groups -OCH3 is 1. The van der Waals surface area contributed by atoms with E-state index in [0.717, 1.165) is 22.9 Å². The number of ether oxygens (including phenoxy) is 1. The number of hydrogen-bond donors (Lipinski definition) is 1. The lowest BCUT2D eigenvalue weighted by Gasteiger charge is -2.50. The molecule has 0 amide bonds. The van der Waals surface area contributed by atoms with Crippen LogP contribution in [0.1, 0.15) is 24.5 Å². The van der Waals surface area contributed by atoms with Crippen LogP contribution in [0.2, 0.25) is 0 Å². The van der Waals surface area contributed by atoms with Crippen molar-refractivity contribution in [2.24, 2.45) is 11.8 Å². The molecule has 132 valence electrons. The van der Waals surface area contributed by atoms with E-state index in [1.807, 2.05) is 24.3 Å². The van der Waals surface area contributed by atoms with Crippen molar-refractivity contribution < 1.29 is 19.0 Å². The fourth-order valence-electron chi connectivity index (χ4n) is 4.67. The van der Waals surface area contributed by atoms with Crippen LogP contribution in [0.4, 0.5) is 4.48 Å². The van der Waals surface area contributed by atoms with E-state index < -0.39 is 16.9 Å². The van der Waals surface area contributed by atoms with E-state index >= 15 is 4.48 Å². The van der Waals surface area contributed by atoms with Crippen molar-refractivity contribution in [2.45, 2.75) is 25.0 Å². The number of quaternary nitrogens is 1.